The van der Waals surface area contributed by atoms with E-state index in [1.165, 1.54) is 4.31 Å². The molecule has 4 rings (SSSR count). The van der Waals surface area contributed by atoms with Gasteiger partial charge in [-0.25, -0.2) is 8.42 Å². The van der Waals surface area contributed by atoms with Crippen molar-refractivity contribution in [3.8, 4) is 0 Å². The fourth-order valence-electron chi connectivity index (χ4n) is 3.72. The maximum Gasteiger partial charge on any atom is 0.274 e. The number of carbonyl (C=O) groups excluding carboxylic acids is 1. The molecular weight excluding hydrogens is 418 g/mol. The van der Waals surface area contributed by atoms with Gasteiger partial charge < -0.3 is 19.9 Å². The van der Waals surface area contributed by atoms with Crippen molar-refractivity contribution in [1.29, 1.82) is 0 Å². The van der Waals surface area contributed by atoms with E-state index in [-0.39, 0.29) is 16.5 Å². The van der Waals surface area contributed by atoms with Crippen LogP contribution in [0.15, 0.2) is 47.5 Å². The number of morpholine rings is 1. The summed E-state index contributed by atoms with van der Waals surface area (Å²) in [6.07, 6.45) is 1.55. The quantitative estimate of drug-likeness (QED) is 0.737. The molecule has 0 spiro atoms. The highest BCUT2D eigenvalue weighted by Gasteiger charge is 2.28. The monoisotopic (exact) mass is 445 g/mol. The second-order valence-corrected chi connectivity index (χ2v) is 9.59. The number of anilines is 2. The third-order valence-corrected chi connectivity index (χ3v) is 7.46. The number of carbonyl (C=O) groups is 1. The van der Waals surface area contributed by atoms with Crippen LogP contribution in [0.1, 0.15) is 10.5 Å². The molecule has 3 heterocycles. The second-order valence-electron chi connectivity index (χ2n) is 7.65. The Hall–Kier alpha value is -2.53. The van der Waals surface area contributed by atoms with Gasteiger partial charge in [-0.3, -0.25) is 9.78 Å². The maximum absolute atomic E-state index is 13.2. The average molecular weight is 446 g/mol. The van der Waals surface area contributed by atoms with Crippen molar-refractivity contribution < 1.29 is 17.9 Å². The van der Waals surface area contributed by atoms with E-state index in [1.54, 1.807) is 42.6 Å². The summed E-state index contributed by atoms with van der Waals surface area (Å²) in [5, 5.41) is 2.89. The van der Waals surface area contributed by atoms with Crippen molar-refractivity contribution in [2.75, 3.05) is 69.7 Å². The highest BCUT2D eigenvalue weighted by Crippen LogP contribution is 2.31. The average Bonchev–Trinajstić information content (AvgIpc) is 2.81. The van der Waals surface area contributed by atoms with E-state index in [1.807, 2.05) is 0 Å². The third-order valence-electron chi connectivity index (χ3n) is 5.57. The highest BCUT2D eigenvalue weighted by molar-refractivity contribution is 7.89. The first-order valence-corrected chi connectivity index (χ1v) is 11.8. The van der Waals surface area contributed by atoms with Gasteiger partial charge in [0.1, 0.15) is 5.69 Å². The maximum atomic E-state index is 13.2. The Morgan fingerprint density at radius 2 is 1.77 bits per heavy atom. The zero-order valence-corrected chi connectivity index (χ0v) is 18.3. The lowest BCUT2D eigenvalue weighted by Crippen LogP contribution is -2.44. The van der Waals surface area contributed by atoms with Gasteiger partial charge in [0.05, 0.1) is 29.5 Å². The summed E-state index contributed by atoms with van der Waals surface area (Å²) in [4.78, 5) is 21.4. The summed E-state index contributed by atoms with van der Waals surface area (Å²) in [5.41, 5.74) is 1.54. The van der Waals surface area contributed by atoms with Gasteiger partial charge in [0.25, 0.3) is 5.91 Å². The van der Waals surface area contributed by atoms with Gasteiger partial charge in [-0.05, 0) is 37.4 Å². The molecule has 0 radical (unpaired) electrons. The normalized spacial score (nSPS) is 18.7. The lowest BCUT2D eigenvalue weighted by Gasteiger charge is -2.35. The minimum absolute atomic E-state index is 0.156. The summed E-state index contributed by atoms with van der Waals surface area (Å²) in [6.45, 7) is 4.75. The molecule has 0 aliphatic carbocycles. The van der Waals surface area contributed by atoms with Crippen LogP contribution in [0, 0.1) is 0 Å². The first-order chi connectivity index (χ1) is 14.9. The van der Waals surface area contributed by atoms with Crippen LogP contribution in [0.25, 0.3) is 0 Å². The molecule has 0 saturated carbocycles. The Labute approximate surface area is 182 Å². The number of pyridine rings is 1. The molecule has 2 fully saturated rings. The van der Waals surface area contributed by atoms with Crippen LogP contribution < -0.4 is 10.2 Å². The van der Waals surface area contributed by atoms with Crippen molar-refractivity contribution in [2.24, 2.45) is 0 Å². The molecule has 0 unspecified atom stereocenters. The SMILES string of the molecule is CN1CCN(c2ccc(S(=O)(=O)N3CCOCC3)cc2NC(=O)c2ccccn2)CC1. The second kappa shape index (κ2) is 9.31. The third kappa shape index (κ3) is 4.87. The number of hydrogen-bond donors (Lipinski definition) is 1. The number of amides is 1. The zero-order chi connectivity index (χ0) is 21.8. The molecule has 2 aliphatic rings. The van der Waals surface area contributed by atoms with Crippen LogP contribution in [0.2, 0.25) is 0 Å². The predicted molar refractivity (Wildman–Crippen MR) is 118 cm³/mol. The molecule has 0 bridgehead atoms. The summed E-state index contributed by atoms with van der Waals surface area (Å²) in [6, 6.07) is 10.1. The van der Waals surface area contributed by atoms with Crippen LogP contribution in [0.3, 0.4) is 0 Å². The van der Waals surface area contributed by atoms with Gasteiger partial charge in [0.15, 0.2) is 0 Å². The fourth-order valence-corrected chi connectivity index (χ4v) is 5.15. The lowest BCUT2D eigenvalue weighted by molar-refractivity contribution is 0.0730. The topological polar surface area (TPSA) is 95.1 Å². The molecule has 0 atom stereocenters. The van der Waals surface area contributed by atoms with Gasteiger partial charge >= 0.3 is 0 Å². The van der Waals surface area contributed by atoms with Gasteiger partial charge in [-0.15, -0.1) is 0 Å². The van der Waals surface area contributed by atoms with Crippen molar-refractivity contribution in [1.82, 2.24) is 14.2 Å². The Kier molecular flexibility index (Phi) is 6.51. The Morgan fingerprint density at radius 1 is 1.03 bits per heavy atom. The van der Waals surface area contributed by atoms with Crippen LogP contribution in [0.5, 0.6) is 0 Å². The molecule has 10 heteroatoms. The lowest BCUT2D eigenvalue weighted by atomic mass is 10.2. The van der Waals surface area contributed by atoms with E-state index < -0.39 is 10.0 Å². The van der Waals surface area contributed by atoms with E-state index in [9.17, 15) is 13.2 Å². The summed E-state index contributed by atoms with van der Waals surface area (Å²) >= 11 is 0. The van der Waals surface area contributed by atoms with Gasteiger partial charge in [0.2, 0.25) is 10.0 Å². The van der Waals surface area contributed by atoms with E-state index >= 15 is 0 Å². The molecule has 1 aromatic carbocycles. The molecule has 166 valence electrons. The number of hydrogen-bond acceptors (Lipinski definition) is 7. The van der Waals surface area contributed by atoms with Crippen LogP contribution in [0.4, 0.5) is 11.4 Å². The Bertz CT molecular complexity index is 1020. The summed E-state index contributed by atoms with van der Waals surface area (Å²) in [7, 11) is -1.61. The molecule has 31 heavy (non-hydrogen) atoms. The van der Waals surface area contributed by atoms with Crippen LogP contribution >= 0.6 is 0 Å². The first-order valence-electron chi connectivity index (χ1n) is 10.3. The van der Waals surface area contributed by atoms with E-state index in [0.717, 1.165) is 31.9 Å². The largest absolute Gasteiger partial charge is 0.379 e. The van der Waals surface area contributed by atoms with E-state index in [0.29, 0.717) is 32.0 Å². The molecule has 1 amide bonds. The summed E-state index contributed by atoms with van der Waals surface area (Å²) in [5.74, 6) is -0.378. The molecule has 1 aromatic heterocycles. The van der Waals surface area contributed by atoms with Gasteiger partial charge in [-0.1, -0.05) is 6.07 Å². The number of sulfonamides is 1. The van der Waals surface area contributed by atoms with Crippen molar-refractivity contribution in [3.63, 3.8) is 0 Å². The number of nitrogens with zero attached hydrogens (tertiary/aromatic N) is 4. The molecule has 2 aliphatic heterocycles. The number of aromatic nitrogens is 1. The predicted octanol–water partition coefficient (Wildman–Crippen LogP) is 1.11. The van der Waals surface area contributed by atoms with Crippen molar-refractivity contribution in [3.05, 3.63) is 48.3 Å². The molecule has 1 N–H and O–H groups in total. The minimum atomic E-state index is -3.68. The molecule has 2 aromatic rings. The fraction of sp³-hybridized carbons (Fsp3) is 0.429. The summed E-state index contributed by atoms with van der Waals surface area (Å²) < 4.78 is 33.0. The number of likely N-dealkylation sites (N-methyl/N-ethyl adjacent to an activating group) is 1. The van der Waals surface area contributed by atoms with Crippen molar-refractivity contribution in [2.45, 2.75) is 4.90 Å². The Morgan fingerprint density at radius 3 is 2.45 bits per heavy atom. The van der Waals surface area contributed by atoms with Gasteiger partial charge in [-0.2, -0.15) is 4.31 Å². The molecule has 2 saturated heterocycles. The van der Waals surface area contributed by atoms with Crippen LogP contribution in [-0.4, -0.2) is 88.0 Å². The van der Waals surface area contributed by atoms with Crippen molar-refractivity contribution >= 4 is 27.3 Å². The minimum Gasteiger partial charge on any atom is -0.379 e. The number of rotatable bonds is 5. The number of nitrogens with one attached hydrogen (secondary N) is 1. The van der Waals surface area contributed by atoms with E-state index in [2.05, 4.69) is 27.1 Å². The standard InChI is InChI=1S/C21H27N5O4S/c1-24-8-10-25(11-9-24)20-6-5-17(31(28,29)26-12-14-30-15-13-26)16-19(20)23-21(27)18-4-2-3-7-22-18/h2-7,16H,8-15H2,1H3,(H,23,27). The molecule has 9 nitrogen and oxygen atoms in total. The van der Waals surface area contributed by atoms with Gasteiger partial charge in [0, 0.05) is 45.5 Å². The van der Waals surface area contributed by atoms with Crippen LogP contribution in [-0.2, 0) is 14.8 Å². The number of benzene rings is 1. The molecular formula is C21H27N5O4S. The number of piperazine rings is 1. The smallest absolute Gasteiger partial charge is 0.274 e. The number of ether oxygens (including phenoxy) is 1. The Balaban J connectivity index is 1.67. The zero-order valence-electron chi connectivity index (χ0n) is 17.5. The highest BCUT2D eigenvalue weighted by atomic mass is 32.2. The van der Waals surface area contributed by atoms with E-state index in [4.69, 9.17) is 4.74 Å². The first kappa shape index (κ1) is 21.7.